The van der Waals surface area contributed by atoms with Gasteiger partial charge in [-0.25, -0.2) is 4.79 Å². The standard InChI is InChI=1S/C20H25NO6SSi/c1-26-15-8-11-6-7-14(21(24)25)17(12(11)9-16(15)27-2)18-13(19(22)23)10-28-20(18)29(3,4)5/h8-10,14,17H,6-7H2,1-5H3,(H,22,23)/t14-,17-/m1/s1. The van der Waals surface area contributed by atoms with E-state index in [1.807, 2.05) is 6.07 Å². The summed E-state index contributed by atoms with van der Waals surface area (Å²) in [5.74, 6) is -0.622. The molecule has 0 spiro atoms. The van der Waals surface area contributed by atoms with Crippen molar-refractivity contribution < 1.29 is 24.3 Å². The number of nitro groups is 1. The second-order valence-corrected chi connectivity index (χ2v) is 14.5. The summed E-state index contributed by atoms with van der Waals surface area (Å²) < 4.78 is 11.8. The minimum absolute atomic E-state index is 0.173. The average molecular weight is 436 g/mol. The van der Waals surface area contributed by atoms with Gasteiger partial charge in [0.05, 0.1) is 33.8 Å². The number of hydrogen-bond donors (Lipinski definition) is 1. The number of methoxy groups -OCH3 is 2. The first kappa shape index (κ1) is 21.3. The number of thiophene rings is 1. The number of rotatable bonds is 6. The van der Waals surface area contributed by atoms with E-state index < -0.39 is 26.0 Å². The van der Waals surface area contributed by atoms with Crippen LogP contribution in [0.15, 0.2) is 17.5 Å². The van der Waals surface area contributed by atoms with Crippen LogP contribution in [-0.2, 0) is 6.42 Å². The second kappa shape index (κ2) is 7.79. The Morgan fingerprint density at radius 2 is 1.86 bits per heavy atom. The monoisotopic (exact) mass is 435 g/mol. The molecule has 1 N–H and O–H groups in total. The second-order valence-electron chi connectivity index (χ2n) is 8.22. The molecule has 29 heavy (non-hydrogen) atoms. The third-order valence-corrected chi connectivity index (χ3v) is 10.0. The number of aryl methyl sites for hydroxylation is 1. The van der Waals surface area contributed by atoms with Crippen molar-refractivity contribution in [1.82, 2.24) is 0 Å². The van der Waals surface area contributed by atoms with E-state index in [1.165, 1.54) is 18.4 Å². The molecule has 0 amide bonds. The van der Waals surface area contributed by atoms with Crippen molar-refractivity contribution in [3.05, 3.63) is 49.9 Å². The van der Waals surface area contributed by atoms with Gasteiger partial charge in [0.15, 0.2) is 11.5 Å². The summed E-state index contributed by atoms with van der Waals surface area (Å²) in [5.41, 5.74) is 2.48. The van der Waals surface area contributed by atoms with Gasteiger partial charge < -0.3 is 14.6 Å². The number of hydrogen-bond acceptors (Lipinski definition) is 6. The van der Waals surface area contributed by atoms with Gasteiger partial charge in [-0.2, -0.15) is 11.3 Å². The molecule has 0 radical (unpaired) electrons. The quantitative estimate of drug-likeness (QED) is 0.422. The van der Waals surface area contributed by atoms with E-state index in [0.29, 0.717) is 29.9 Å². The Kier molecular flexibility index (Phi) is 5.73. The molecule has 9 heteroatoms. The van der Waals surface area contributed by atoms with Crippen LogP contribution in [0.2, 0.25) is 19.6 Å². The molecule has 1 aromatic heterocycles. The van der Waals surface area contributed by atoms with E-state index >= 15 is 0 Å². The highest BCUT2D eigenvalue weighted by molar-refractivity contribution is 7.25. The smallest absolute Gasteiger partial charge is 0.336 e. The molecule has 0 aliphatic heterocycles. The number of benzene rings is 1. The molecule has 0 bridgehead atoms. The molecule has 156 valence electrons. The average Bonchev–Trinajstić information content (AvgIpc) is 3.11. The van der Waals surface area contributed by atoms with Crippen LogP contribution in [-0.4, -0.2) is 44.3 Å². The molecule has 0 fully saturated rings. The van der Waals surface area contributed by atoms with Crippen LogP contribution < -0.4 is 14.0 Å². The minimum Gasteiger partial charge on any atom is -0.493 e. The molecule has 1 heterocycles. The van der Waals surface area contributed by atoms with Crippen molar-refractivity contribution in [3.63, 3.8) is 0 Å². The van der Waals surface area contributed by atoms with Gasteiger partial charge in [-0.1, -0.05) is 19.6 Å². The van der Waals surface area contributed by atoms with Crippen LogP contribution >= 0.6 is 11.3 Å². The number of fused-ring (bicyclic) bond motifs is 1. The van der Waals surface area contributed by atoms with Crippen molar-refractivity contribution in [1.29, 1.82) is 0 Å². The molecule has 1 aliphatic rings. The van der Waals surface area contributed by atoms with Gasteiger partial charge in [0.1, 0.15) is 0 Å². The van der Waals surface area contributed by atoms with Gasteiger partial charge in [-0.05, 0) is 39.7 Å². The molecule has 2 aromatic rings. The summed E-state index contributed by atoms with van der Waals surface area (Å²) in [6.45, 7) is 6.40. The Labute approximate surface area is 174 Å². The Balaban J connectivity index is 2.34. The lowest BCUT2D eigenvalue weighted by Gasteiger charge is -2.32. The number of carboxylic acid groups (broad SMARTS) is 1. The normalized spacial score (nSPS) is 18.8. The van der Waals surface area contributed by atoms with Crippen molar-refractivity contribution in [3.8, 4) is 11.5 Å². The van der Waals surface area contributed by atoms with Gasteiger partial charge in [0.25, 0.3) is 0 Å². The fourth-order valence-corrected chi connectivity index (χ4v) is 7.63. The molecule has 0 saturated heterocycles. The summed E-state index contributed by atoms with van der Waals surface area (Å²) in [4.78, 5) is 23.8. The van der Waals surface area contributed by atoms with E-state index in [2.05, 4.69) is 19.6 Å². The zero-order valence-corrected chi connectivity index (χ0v) is 19.0. The zero-order chi connectivity index (χ0) is 21.5. The lowest BCUT2D eigenvalue weighted by atomic mass is 9.75. The third-order valence-electron chi connectivity index (χ3n) is 5.40. The summed E-state index contributed by atoms with van der Waals surface area (Å²) in [7, 11) is 1.14. The highest BCUT2D eigenvalue weighted by Crippen LogP contribution is 2.44. The topological polar surface area (TPSA) is 98.9 Å². The van der Waals surface area contributed by atoms with Gasteiger partial charge in [0, 0.05) is 16.7 Å². The molecular formula is C20H25NO6SSi. The number of carboxylic acids is 1. The van der Waals surface area contributed by atoms with Gasteiger partial charge >= 0.3 is 5.97 Å². The summed E-state index contributed by atoms with van der Waals surface area (Å²) in [5, 5.41) is 23.5. The number of aromatic carboxylic acids is 1. The molecule has 7 nitrogen and oxygen atoms in total. The molecule has 0 saturated carbocycles. The molecular weight excluding hydrogens is 410 g/mol. The maximum absolute atomic E-state index is 12.0. The lowest BCUT2D eigenvalue weighted by Crippen LogP contribution is -2.43. The van der Waals surface area contributed by atoms with E-state index in [4.69, 9.17) is 9.47 Å². The zero-order valence-electron chi connectivity index (χ0n) is 17.1. The van der Waals surface area contributed by atoms with Gasteiger partial charge in [-0.15, -0.1) is 0 Å². The first-order valence-corrected chi connectivity index (χ1v) is 13.7. The fraction of sp³-hybridized carbons (Fsp3) is 0.450. The van der Waals surface area contributed by atoms with Crippen LogP contribution in [0.4, 0.5) is 0 Å². The number of carbonyl (C=O) groups is 1. The van der Waals surface area contributed by atoms with E-state index in [9.17, 15) is 20.0 Å². The lowest BCUT2D eigenvalue weighted by molar-refractivity contribution is -0.526. The molecule has 1 aromatic carbocycles. The largest absolute Gasteiger partial charge is 0.493 e. The van der Waals surface area contributed by atoms with E-state index in [1.54, 1.807) is 18.6 Å². The van der Waals surface area contributed by atoms with Crippen LogP contribution in [0.5, 0.6) is 11.5 Å². The molecule has 0 unspecified atom stereocenters. The maximum Gasteiger partial charge on any atom is 0.336 e. The Morgan fingerprint density at radius 1 is 1.24 bits per heavy atom. The summed E-state index contributed by atoms with van der Waals surface area (Å²) >= 11 is 1.41. The van der Waals surface area contributed by atoms with Crippen LogP contribution in [0, 0.1) is 10.1 Å². The SMILES string of the molecule is COc1cc2c(cc1OC)[C@@H](c1c(C(=O)O)csc1[Si](C)(C)C)[C@H]([N+](=O)[O-])CC2. The predicted molar refractivity (Wildman–Crippen MR) is 115 cm³/mol. The highest BCUT2D eigenvalue weighted by atomic mass is 32.1. The number of ether oxygens (including phenoxy) is 2. The Hall–Kier alpha value is -2.39. The van der Waals surface area contributed by atoms with Crippen LogP contribution in [0.1, 0.15) is 39.4 Å². The van der Waals surface area contributed by atoms with Crippen molar-refractivity contribution in [2.45, 2.75) is 44.4 Å². The summed E-state index contributed by atoms with van der Waals surface area (Å²) in [6, 6.07) is 2.76. The molecule has 1 aliphatic carbocycles. The van der Waals surface area contributed by atoms with Crippen molar-refractivity contribution in [2.24, 2.45) is 0 Å². The van der Waals surface area contributed by atoms with E-state index in [-0.39, 0.29) is 10.5 Å². The first-order valence-electron chi connectivity index (χ1n) is 9.33. The maximum atomic E-state index is 12.0. The Bertz CT molecular complexity index is 965. The van der Waals surface area contributed by atoms with E-state index in [0.717, 1.165) is 15.6 Å². The van der Waals surface area contributed by atoms with Crippen molar-refractivity contribution >= 4 is 29.9 Å². The highest BCUT2D eigenvalue weighted by Gasteiger charge is 2.44. The van der Waals surface area contributed by atoms with Crippen LogP contribution in [0.3, 0.4) is 0 Å². The summed E-state index contributed by atoms with van der Waals surface area (Å²) in [6.07, 6.45) is 0.882. The van der Waals surface area contributed by atoms with Gasteiger partial charge in [-0.3, -0.25) is 10.1 Å². The minimum atomic E-state index is -1.94. The molecule has 2 atom stereocenters. The third kappa shape index (κ3) is 3.76. The first-order chi connectivity index (χ1) is 13.6. The molecule has 3 rings (SSSR count). The van der Waals surface area contributed by atoms with Crippen molar-refractivity contribution in [2.75, 3.05) is 14.2 Å². The Morgan fingerprint density at radius 3 is 2.38 bits per heavy atom. The number of nitrogens with zero attached hydrogens (tertiary/aromatic N) is 1. The fourth-order valence-electron chi connectivity index (χ4n) is 4.12. The van der Waals surface area contributed by atoms with Gasteiger partial charge in [0.2, 0.25) is 6.04 Å². The predicted octanol–water partition coefficient (Wildman–Crippen LogP) is 3.73. The van der Waals surface area contributed by atoms with Crippen LogP contribution in [0.25, 0.3) is 0 Å².